The molecule has 0 aromatic heterocycles. The van der Waals surface area contributed by atoms with Crippen molar-refractivity contribution in [3.63, 3.8) is 0 Å². The monoisotopic (exact) mass is 485 g/mol. The van der Waals surface area contributed by atoms with Crippen molar-refractivity contribution in [1.29, 1.82) is 5.26 Å². The summed E-state index contributed by atoms with van der Waals surface area (Å²) in [5.41, 5.74) is 2.78. The second-order valence-electron chi connectivity index (χ2n) is 9.52. The maximum absolute atomic E-state index is 13.7. The molecule has 0 spiro atoms. The van der Waals surface area contributed by atoms with E-state index in [4.69, 9.17) is 0 Å². The lowest BCUT2D eigenvalue weighted by Gasteiger charge is -2.36. The third-order valence-electron chi connectivity index (χ3n) is 6.24. The van der Waals surface area contributed by atoms with Crippen molar-refractivity contribution in [2.24, 2.45) is 0 Å². The third-order valence-corrected chi connectivity index (χ3v) is 9.46. The van der Waals surface area contributed by atoms with Crippen LogP contribution in [-0.2, 0) is 10.0 Å². The zero-order chi connectivity index (χ0) is 24.3. The fraction of sp³-hybridized carbons (Fsp3) is 0.500. The molecule has 0 bridgehead atoms. The van der Waals surface area contributed by atoms with Gasteiger partial charge in [0, 0.05) is 42.0 Å². The van der Waals surface area contributed by atoms with Gasteiger partial charge in [0.2, 0.25) is 10.0 Å². The van der Waals surface area contributed by atoms with Crippen LogP contribution >= 0.6 is 11.8 Å². The fourth-order valence-electron chi connectivity index (χ4n) is 4.06. The van der Waals surface area contributed by atoms with Gasteiger partial charge in [-0.05, 0) is 61.1 Å². The van der Waals surface area contributed by atoms with E-state index in [2.05, 4.69) is 70.7 Å². The molecule has 1 fully saturated rings. The molecule has 5 nitrogen and oxygen atoms in total. The fourth-order valence-corrected chi connectivity index (χ4v) is 7.17. The first kappa shape index (κ1) is 25.8. The molecule has 1 saturated heterocycles. The Morgan fingerprint density at radius 3 is 2.09 bits per heavy atom. The first-order valence-electron chi connectivity index (χ1n) is 11.6. The van der Waals surface area contributed by atoms with E-state index in [0.717, 1.165) is 4.90 Å². The minimum Gasteiger partial charge on any atom is -0.298 e. The molecule has 2 aromatic rings. The summed E-state index contributed by atoms with van der Waals surface area (Å²) in [7, 11) is -3.72. The molecule has 0 saturated carbocycles. The zero-order valence-electron chi connectivity index (χ0n) is 20.5. The molecule has 0 radical (unpaired) electrons. The zero-order valence-corrected chi connectivity index (χ0v) is 22.1. The number of nitrogens with zero attached hydrogens (tertiary/aromatic N) is 3. The second-order valence-corrected chi connectivity index (χ2v) is 12.5. The van der Waals surface area contributed by atoms with Crippen LogP contribution in [0, 0.1) is 11.3 Å². The Hall–Kier alpha value is -1.85. The maximum Gasteiger partial charge on any atom is 0.244 e. The van der Waals surface area contributed by atoms with Gasteiger partial charge in [-0.1, -0.05) is 51.6 Å². The van der Waals surface area contributed by atoms with E-state index in [-0.39, 0.29) is 4.90 Å². The molecular weight excluding hydrogens is 450 g/mol. The number of rotatable bonds is 7. The van der Waals surface area contributed by atoms with Gasteiger partial charge in [0.25, 0.3) is 0 Å². The summed E-state index contributed by atoms with van der Waals surface area (Å²) in [6.07, 6.45) is 0. The van der Waals surface area contributed by atoms with E-state index in [0.29, 0.717) is 54.5 Å². The Morgan fingerprint density at radius 2 is 1.55 bits per heavy atom. The van der Waals surface area contributed by atoms with Crippen LogP contribution in [0.2, 0.25) is 0 Å². The second kappa shape index (κ2) is 10.6. The minimum atomic E-state index is -3.72. The van der Waals surface area contributed by atoms with Gasteiger partial charge in [0.1, 0.15) is 0 Å². The number of nitriles is 1. The molecule has 3 rings (SSSR count). The molecule has 33 heavy (non-hydrogen) atoms. The highest BCUT2D eigenvalue weighted by molar-refractivity contribution is 8.00. The summed E-state index contributed by atoms with van der Waals surface area (Å²) in [6.45, 7) is 15.2. The highest BCUT2D eigenvalue weighted by atomic mass is 32.2. The first-order chi connectivity index (χ1) is 15.5. The van der Waals surface area contributed by atoms with E-state index < -0.39 is 10.0 Å². The van der Waals surface area contributed by atoms with Gasteiger partial charge in [-0.15, -0.1) is 0 Å². The van der Waals surface area contributed by atoms with Gasteiger partial charge in [-0.2, -0.15) is 9.57 Å². The lowest BCUT2D eigenvalue weighted by atomic mass is 9.97. The quantitative estimate of drug-likeness (QED) is 0.505. The minimum absolute atomic E-state index is 0.231. The van der Waals surface area contributed by atoms with E-state index >= 15 is 0 Å². The van der Waals surface area contributed by atoms with Crippen molar-refractivity contribution in [3.8, 4) is 6.07 Å². The molecular formula is C26H35N3O2S2. The Kier molecular flexibility index (Phi) is 8.28. The van der Waals surface area contributed by atoms with Gasteiger partial charge >= 0.3 is 0 Å². The summed E-state index contributed by atoms with van der Waals surface area (Å²) < 4.78 is 29.0. The van der Waals surface area contributed by atoms with Crippen LogP contribution < -0.4 is 0 Å². The van der Waals surface area contributed by atoms with Gasteiger partial charge in [0.05, 0.1) is 16.5 Å². The van der Waals surface area contributed by atoms with Crippen molar-refractivity contribution < 1.29 is 8.42 Å². The molecule has 178 valence electrons. The van der Waals surface area contributed by atoms with Gasteiger partial charge in [0.15, 0.2) is 0 Å². The van der Waals surface area contributed by atoms with Crippen LogP contribution in [0.3, 0.4) is 0 Å². The summed E-state index contributed by atoms with van der Waals surface area (Å²) in [5, 5.41) is 9.46. The van der Waals surface area contributed by atoms with Crippen molar-refractivity contribution in [2.45, 2.75) is 74.1 Å². The maximum atomic E-state index is 13.7. The van der Waals surface area contributed by atoms with E-state index in [9.17, 15) is 13.7 Å². The Labute approximate surface area is 203 Å². The SMILES string of the molecule is CC(C)c1ccc(C(C)C)c(Sc2ccc(C#N)cc2S(=O)(=O)N2CCN(C(C)C)CC2)c1. The molecule has 7 heteroatoms. The third kappa shape index (κ3) is 5.81. The number of sulfonamides is 1. The Bertz CT molecular complexity index is 1130. The van der Waals surface area contributed by atoms with Crippen LogP contribution in [0.5, 0.6) is 0 Å². The summed E-state index contributed by atoms with van der Waals surface area (Å²) in [5.74, 6) is 0.697. The van der Waals surface area contributed by atoms with E-state index in [1.165, 1.54) is 29.0 Å². The summed E-state index contributed by atoms with van der Waals surface area (Å²) in [6, 6.07) is 14.0. The summed E-state index contributed by atoms with van der Waals surface area (Å²) >= 11 is 1.49. The van der Waals surface area contributed by atoms with E-state index in [1.807, 2.05) is 0 Å². The molecule has 1 aliphatic rings. The van der Waals surface area contributed by atoms with Crippen LogP contribution in [0.15, 0.2) is 51.1 Å². The van der Waals surface area contributed by atoms with Crippen LogP contribution in [0.4, 0.5) is 0 Å². The molecule has 0 aliphatic carbocycles. The van der Waals surface area contributed by atoms with Crippen LogP contribution in [0.1, 0.15) is 70.1 Å². The van der Waals surface area contributed by atoms with Gasteiger partial charge in [-0.3, -0.25) is 4.90 Å². The Morgan fingerprint density at radius 1 is 0.879 bits per heavy atom. The molecule has 0 N–H and O–H groups in total. The predicted octanol–water partition coefficient (Wildman–Crippen LogP) is 5.67. The number of piperazine rings is 1. The van der Waals surface area contributed by atoms with Crippen molar-refractivity contribution in [3.05, 3.63) is 53.1 Å². The molecule has 0 unspecified atom stereocenters. The van der Waals surface area contributed by atoms with Crippen molar-refractivity contribution in [2.75, 3.05) is 26.2 Å². The standard InChI is InChI=1S/C26H35N3O2S2/c1-18(2)22-8-9-23(19(3)4)25(16-22)32-24-10-7-21(17-27)15-26(24)33(30,31)29-13-11-28(12-14-29)20(5)6/h7-10,15-16,18-20H,11-14H2,1-6H3. The smallest absolute Gasteiger partial charge is 0.244 e. The largest absolute Gasteiger partial charge is 0.298 e. The van der Waals surface area contributed by atoms with Gasteiger partial charge in [-0.25, -0.2) is 8.42 Å². The lowest BCUT2D eigenvalue weighted by Crippen LogP contribution is -2.50. The highest BCUT2D eigenvalue weighted by Crippen LogP contribution is 2.40. The van der Waals surface area contributed by atoms with Gasteiger partial charge < -0.3 is 0 Å². The number of hydrogen-bond donors (Lipinski definition) is 0. The molecule has 1 heterocycles. The lowest BCUT2D eigenvalue weighted by molar-refractivity contribution is 0.154. The molecule has 2 aromatic carbocycles. The van der Waals surface area contributed by atoms with Crippen LogP contribution in [-0.4, -0.2) is 49.8 Å². The molecule has 1 aliphatic heterocycles. The Balaban J connectivity index is 2.03. The number of hydrogen-bond acceptors (Lipinski definition) is 5. The topological polar surface area (TPSA) is 64.4 Å². The van der Waals surface area contributed by atoms with Crippen LogP contribution in [0.25, 0.3) is 0 Å². The molecule has 0 atom stereocenters. The highest BCUT2D eigenvalue weighted by Gasteiger charge is 2.31. The normalized spacial score (nSPS) is 16.0. The number of benzene rings is 2. The average Bonchev–Trinajstić information content (AvgIpc) is 2.79. The predicted molar refractivity (Wildman–Crippen MR) is 135 cm³/mol. The summed E-state index contributed by atoms with van der Waals surface area (Å²) in [4.78, 5) is 4.26. The average molecular weight is 486 g/mol. The first-order valence-corrected chi connectivity index (χ1v) is 13.9. The van der Waals surface area contributed by atoms with Crippen molar-refractivity contribution >= 4 is 21.8 Å². The van der Waals surface area contributed by atoms with Crippen molar-refractivity contribution in [1.82, 2.24) is 9.21 Å². The van der Waals surface area contributed by atoms with E-state index in [1.54, 1.807) is 16.4 Å². The molecule has 0 amide bonds.